The van der Waals surface area contributed by atoms with Gasteiger partial charge in [0.25, 0.3) is 0 Å². The molecular formula is C51H39N5. The van der Waals surface area contributed by atoms with Crippen molar-refractivity contribution in [2.75, 3.05) is 11.9 Å². The lowest BCUT2D eigenvalue weighted by Crippen LogP contribution is -2.27. The molecule has 0 saturated carbocycles. The molecule has 1 aromatic heterocycles. The summed E-state index contributed by atoms with van der Waals surface area (Å²) in [6, 6.07) is 58.9. The van der Waals surface area contributed by atoms with Crippen LogP contribution in [-0.4, -0.2) is 29.4 Å². The summed E-state index contributed by atoms with van der Waals surface area (Å²) in [6.45, 7) is 6.40. The van der Waals surface area contributed by atoms with E-state index in [9.17, 15) is 0 Å². The quantitative estimate of drug-likeness (QED) is 0.147. The van der Waals surface area contributed by atoms with Gasteiger partial charge in [0.2, 0.25) is 0 Å². The maximum absolute atomic E-state index is 5.36. The van der Waals surface area contributed by atoms with Gasteiger partial charge in [0, 0.05) is 41.6 Å². The van der Waals surface area contributed by atoms with Crippen LogP contribution in [0.25, 0.3) is 61.4 Å². The standard InChI is InChI=1S/C51H39N5/c1-34-14-10-11-19-45(34)52-32-35(2)36-22-26-40(27-23-36)49-44-31-42(37-15-6-4-7-16-37)30-43(38-17-8-5-9-18-38)50(44)55-51(54-49)41-28-24-39(25-29-41)48-33-53-46-20-12-13-21-47(46)56(48)3/h4-33,48H,2H2,1,3H3. The number of rotatable bonds is 8. The molecule has 0 radical (unpaired) electrons. The van der Waals surface area contributed by atoms with Crippen molar-refractivity contribution in [3.63, 3.8) is 0 Å². The molecular weight excluding hydrogens is 683 g/mol. The third-order valence-corrected chi connectivity index (χ3v) is 10.5. The lowest BCUT2D eigenvalue weighted by Gasteiger charge is -2.31. The lowest BCUT2D eigenvalue weighted by atomic mass is 9.93. The summed E-state index contributed by atoms with van der Waals surface area (Å²) in [5, 5.41) is 0.983. The van der Waals surface area contributed by atoms with Gasteiger partial charge in [0.15, 0.2) is 5.82 Å². The second-order valence-corrected chi connectivity index (χ2v) is 14.1. The molecule has 56 heavy (non-hydrogen) atoms. The molecule has 7 aromatic carbocycles. The van der Waals surface area contributed by atoms with E-state index in [1.165, 1.54) is 0 Å². The summed E-state index contributed by atoms with van der Waals surface area (Å²) >= 11 is 0. The second kappa shape index (κ2) is 14.9. The van der Waals surface area contributed by atoms with Crippen LogP contribution >= 0.6 is 0 Å². The molecule has 0 bridgehead atoms. The first-order valence-corrected chi connectivity index (χ1v) is 18.8. The molecule has 268 valence electrons. The topological polar surface area (TPSA) is 53.7 Å². The van der Waals surface area contributed by atoms with Crippen LogP contribution in [0, 0.1) is 6.92 Å². The van der Waals surface area contributed by atoms with E-state index in [4.69, 9.17) is 20.0 Å². The first-order chi connectivity index (χ1) is 27.5. The van der Waals surface area contributed by atoms with Crippen molar-refractivity contribution in [3.05, 3.63) is 193 Å². The molecule has 1 unspecified atom stereocenters. The predicted molar refractivity (Wildman–Crippen MR) is 235 cm³/mol. The van der Waals surface area contributed by atoms with Gasteiger partial charge in [-0.1, -0.05) is 146 Å². The molecule has 1 aliphatic rings. The van der Waals surface area contributed by atoms with Crippen molar-refractivity contribution in [2.24, 2.45) is 9.98 Å². The van der Waals surface area contributed by atoms with E-state index in [-0.39, 0.29) is 6.04 Å². The Hall–Kier alpha value is -7.24. The Kier molecular flexibility index (Phi) is 9.18. The first kappa shape index (κ1) is 34.5. The Morgan fingerprint density at radius 1 is 0.643 bits per heavy atom. The number of anilines is 1. The van der Waals surface area contributed by atoms with Crippen molar-refractivity contribution in [2.45, 2.75) is 13.0 Å². The molecule has 2 heterocycles. The minimum Gasteiger partial charge on any atom is -0.361 e. The molecule has 8 aromatic rings. The fourth-order valence-electron chi connectivity index (χ4n) is 7.40. The largest absolute Gasteiger partial charge is 0.361 e. The Morgan fingerprint density at radius 2 is 1.30 bits per heavy atom. The van der Waals surface area contributed by atoms with Crippen LogP contribution in [0.15, 0.2) is 186 Å². The van der Waals surface area contributed by atoms with Gasteiger partial charge in [-0.25, -0.2) is 9.97 Å². The van der Waals surface area contributed by atoms with Crippen LogP contribution in [0.1, 0.15) is 22.7 Å². The normalized spacial score (nSPS) is 13.6. The number of fused-ring (bicyclic) bond motifs is 2. The van der Waals surface area contributed by atoms with E-state index in [0.29, 0.717) is 5.82 Å². The number of nitrogens with zero attached hydrogens (tertiary/aromatic N) is 5. The highest BCUT2D eigenvalue weighted by Crippen LogP contribution is 2.40. The third kappa shape index (κ3) is 6.71. The predicted octanol–water partition coefficient (Wildman–Crippen LogP) is 12.9. The van der Waals surface area contributed by atoms with Gasteiger partial charge < -0.3 is 4.90 Å². The van der Waals surface area contributed by atoms with Crippen LogP contribution in [0.2, 0.25) is 0 Å². The molecule has 0 saturated heterocycles. The van der Waals surface area contributed by atoms with Crippen LogP contribution in [-0.2, 0) is 0 Å². The number of para-hydroxylation sites is 3. The molecule has 0 spiro atoms. The summed E-state index contributed by atoms with van der Waals surface area (Å²) in [7, 11) is 2.12. The van der Waals surface area contributed by atoms with Gasteiger partial charge in [-0.2, -0.15) is 0 Å². The number of aliphatic imine (C=N–C) groups is 2. The Labute approximate surface area is 327 Å². The maximum atomic E-state index is 5.36. The highest BCUT2D eigenvalue weighted by Gasteiger charge is 2.22. The number of hydrogen-bond acceptors (Lipinski definition) is 5. The smallest absolute Gasteiger partial charge is 0.160 e. The van der Waals surface area contributed by atoms with Gasteiger partial charge in [-0.15, -0.1) is 0 Å². The zero-order valence-electron chi connectivity index (χ0n) is 31.3. The highest BCUT2D eigenvalue weighted by atomic mass is 15.2. The van der Waals surface area contributed by atoms with Gasteiger partial charge >= 0.3 is 0 Å². The van der Waals surface area contributed by atoms with Crippen LogP contribution in [0.5, 0.6) is 0 Å². The Balaban J connectivity index is 1.16. The molecule has 1 aliphatic heterocycles. The minimum atomic E-state index is 0.0168. The molecule has 5 nitrogen and oxygen atoms in total. The summed E-state index contributed by atoms with van der Waals surface area (Å²) < 4.78 is 0. The Bertz CT molecular complexity index is 2770. The van der Waals surface area contributed by atoms with E-state index < -0.39 is 0 Å². The Morgan fingerprint density at radius 3 is 2.05 bits per heavy atom. The summed E-state index contributed by atoms with van der Waals surface area (Å²) in [4.78, 5) is 22.5. The van der Waals surface area contributed by atoms with E-state index in [1.54, 1.807) is 0 Å². The van der Waals surface area contributed by atoms with Crippen LogP contribution < -0.4 is 4.90 Å². The van der Waals surface area contributed by atoms with Crippen molar-refractivity contribution < 1.29 is 0 Å². The summed E-state index contributed by atoms with van der Waals surface area (Å²) in [5.74, 6) is 0.665. The summed E-state index contributed by atoms with van der Waals surface area (Å²) in [5.41, 5.74) is 15.2. The highest BCUT2D eigenvalue weighted by molar-refractivity contribution is 6.10. The lowest BCUT2D eigenvalue weighted by molar-refractivity contribution is 0.851. The van der Waals surface area contributed by atoms with Crippen LogP contribution in [0.4, 0.5) is 17.1 Å². The van der Waals surface area contributed by atoms with E-state index in [1.807, 2.05) is 54.9 Å². The average Bonchev–Trinajstić information content (AvgIpc) is 3.26. The number of aryl methyl sites for hydroxylation is 1. The van der Waals surface area contributed by atoms with Crippen molar-refractivity contribution in [3.8, 4) is 44.9 Å². The van der Waals surface area contributed by atoms with Crippen molar-refractivity contribution in [1.29, 1.82) is 0 Å². The first-order valence-electron chi connectivity index (χ1n) is 18.8. The maximum Gasteiger partial charge on any atom is 0.160 e. The van der Waals surface area contributed by atoms with E-state index in [0.717, 1.165) is 89.3 Å². The SMILES string of the molecule is C=C(C=Nc1ccccc1C)c1ccc(-c2nc(-c3ccc(C4C=Nc5ccccc5N4C)cc3)nc3c(-c4ccccc4)cc(-c4ccccc4)cc23)cc1. The van der Waals surface area contributed by atoms with Crippen molar-refractivity contribution in [1.82, 2.24) is 9.97 Å². The zero-order valence-corrected chi connectivity index (χ0v) is 31.3. The molecule has 1 atom stereocenters. The van der Waals surface area contributed by atoms with Gasteiger partial charge in [0.05, 0.1) is 34.3 Å². The zero-order chi connectivity index (χ0) is 38.0. The number of aromatic nitrogens is 2. The second-order valence-electron chi connectivity index (χ2n) is 14.1. The number of benzene rings is 7. The third-order valence-electron chi connectivity index (χ3n) is 10.5. The van der Waals surface area contributed by atoms with Crippen LogP contribution in [0.3, 0.4) is 0 Å². The average molecular weight is 722 g/mol. The fraction of sp³-hybridized carbons (Fsp3) is 0.0588. The van der Waals surface area contributed by atoms with Crippen molar-refractivity contribution >= 4 is 46.0 Å². The molecule has 5 heteroatoms. The molecule has 9 rings (SSSR count). The van der Waals surface area contributed by atoms with E-state index >= 15 is 0 Å². The van der Waals surface area contributed by atoms with Gasteiger partial charge in [-0.3, -0.25) is 9.98 Å². The molecule has 0 aliphatic carbocycles. The molecule has 0 amide bonds. The molecule has 0 fully saturated rings. The molecule has 0 N–H and O–H groups in total. The summed E-state index contributed by atoms with van der Waals surface area (Å²) in [6.07, 6.45) is 3.86. The van der Waals surface area contributed by atoms with E-state index in [2.05, 4.69) is 153 Å². The fourth-order valence-corrected chi connectivity index (χ4v) is 7.40. The van der Waals surface area contributed by atoms with Gasteiger partial charge in [-0.05, 0) is 76.2 Å². The van der Waals surface area contributed by atoms with Gasteiger partial charge in [0.1, 0.15) is 0 Å². The number of hydrogen-bond donors (Lipinski definition) is 0. The minimum absolute atomic E-state index is 0.0168. The monoisotopic (exact) mass is 721 g/mol. The number of allylic oxidation sites excluding steroid dienone is 1.